The van der Waals surface area contributed by atoms with Crippen LogP contribution in [0.15, 0.2) is 53.4 Å². The van der Waals surface area contributed by atoms with Crippen molar-refractivity contribution in [2.75, 3.05) is 13.1 Å². The highest BCUT2D eigenvalue weighted by molar-refractivity contribution is 7.89. The summed E-state index contributed by atoms with van der Waals surface area (Å²) >= 11 is 0. The van der Waals surface area contributed by atoms with Gasteiger partial charge in [0, 0.05) is 13.1 Å². The molecule has 29 heavy (non-hydrogen) atoms. The third-order valence-corrected chi connectivity index (χ3v) is 6.35. The van der Waals surface area contributed by atoms with E-state index in [4.69, 9.17) is 14.7 Å². The molecular weight excluding hydrogens is 392 g/mol. The van der Waals surface area contributed by atoms with E-state index in [-0.39, 0.29) is 42.4 Å². The second-order valence-electron chi connectivity index (χ2n) is 7.00. The van der Waals surface area contributed by atoms with Crippen LogP contribution in [0, 0.1) is 11.3 Å². The lowest BCUT2D eigenvalue weighted by Crippen LogP contribution is -2.48. The second kappa shape index (κ2) is 8.74. The Morgan fingerprint density at radius 1 is 1.17 bits per heavy atom. The van der Waals surface area contributed by atoms with Crippen molar-refractivity contribution in [3.63, 3.8) is 0 Å². The van der Waals surface area contributed by atoms with Crippen molar-refractivity contribution in [1.29, 1.82) is 5.26 Å². The van der Waals surface area contributed by atoms with Gasteiger partial charge in [-0.2, -0.15) is 9.57 Å². The Kier molecular flexibility index (Phi) is 6.33. The van der Waals surface area contributed by atoms with Gasteiger partial charge < -0.3 is 9.47 Å². The molecule has 8 heteroatoms. The first-order valence-corrected chi connectivity index (χ1v) is 10.7. The minimum atomic E-state index is -3.75. The Labute approximate surface area is 170 Å². The van der Waals surface area contributed by atoms with Crippen molar-refractivity contribution < 1.29 is 22.7 Å². The van der Waals surface area contributed by atoms with E-state index in [1.54, 1.807) is 24.3 Å². The number of hydrogen-bond acceptors (Lipinski definition) is 6. The monoisotopic (exact) mass is 414 g/mol. The highest BCUT2D eigenvalue weighted by Gasteiger charge is 2.32. The number of morpholine rings is 1. The van der Waals surface area contributed by atoms with Crippen LogP contribution in [0.1, 0.15) is 35.3 Å². The summed E-state index contributed by atoms with van der Waals surface area (Å²) < 4.78 is 38.2. The topological polar surface area (TPSA) is 96.7 Å². The number of hydrogen-bond donors (Lipinski definition) is 0. The number of carbonyl (C=O) groups is 1. The molecular formula is C21H22N2O5S. The van der Waals surface area contributed by atoms with Crippen LogP contribution in [-0.4, -0.2) is 44.0 Å². The summed E-state index contributed by atoms with van der Waals surface area (Å²) in [5.74, 6) is -0.631. The van der Waals surface area contributed by atoms with E-state index in [0.29, 0.717) is 11.1 Å². The molecule has 0 radical (unpaired) electrons. The van der Waals surface area contributed by atoms with Gasteiger partial charge in [-0.3, -0.25) is 0 Å². The van der Waals surface area contributed by atoms with Gasteiger partial charge in [-0.25, -0.2) is 13.2 Å². The van der Waals surface area contributed by atoms with E-state index in [0.717, 1.165) is 0 Å². The van der Waals surface area contributed by atoms with E-state index in [9.17, 15) is 13.2 Å². The molecule has 0 bridgehead atoms. The number of sulfonamides is 1. The predicted molar refractivity (Wildman–Crippen MR) is 105 cm³/mol. The van der Waals surface area contributed by atoms with Crippen molar-refractivity contribution >= 4 is 16.0 Å². The molecule has 2 aromatic carbocycles. The minimum Gasteiger partial charge on any atom is -0.457 e. The highest BCUT2D eigenvalue weighted by atomic mass is 32.2. The van der Waals surface area contributed by atoms with Crippen LogP contribution in [0.25, 0.3) is 0 Å². The maximum atomic E-state index is 13.0. The summed E-state index contributed by atoms with van der Waals surface area (Å²) in [5, 5.41) is 8.94. The van der Waals surface area contributed by atoms with Gasteiger partial charge in [0.15, 0.2) is 0 Å². The molecule has 1 heterocycles. The first kappa shape index (κ1) is 21.0. The Balaban J connectivity index is 1.74. The number of ether oxygens (including phenoxy) is 2. The zero-order valence-electron chi connectivity index (χ0n) is 16.2. The fraction of sp³-hybridized carbons (Fsp3) is 0.333. The normalized spacial score (nSPS) is 20.0. The fourth-order valence-corrected chi connectivity index (χ4v) is 4.86. The van der Waals surface area contributed by atoms with Gasteiger partial charge in [0.05, 0.1) is 34.3 Å². The molecule has 1 aliphatic rings. The van der Waals surface area contributed by atoms with Crippen LogP contribution in [0.5, 0.6) is 0 Å². The second-order valence-corrected chi connectivity index (χ2v) is 8.93. The number of nitrogens with zero attached hydrogens (tertiary/aromatic N) is 2. The van der Waals surface area contributed by atoms with E-state index in [1.165, 1.54) is 28.6 Å². The van der Waals surface area contributed by atoms with Gasteiger partial charge in [-0.15, -0.1) is 0 Å². The molecule has 0 saturated carbocycles. The molecule has 2 atom stereocenters. The van der Waals surface area contributed by atoms with Gasteiger partial charge in [-0.05, 0) is 49.7 Å². The lowest BCUT2D eigenvalue weighted by Gasteiger charge is -2.34. The summed E-state index contributed by atoms with van der Waals surface area (Å²) in [6, 6.07) is 14.6. The van der Waals surface area contributed by atoms with Crippen molar-refractivity contribution in [3.05, 3.63) is 65.2 Å². The van der Waals surface area contributed by atoms with Gasteiger partial charge in [0.25, 0.3) is 0 Å². The van der Waals surface area contributed by atoms with E-state index in [2.05, 4.69) is 0 Å². The maximum absolute atomic E-state index is 13.0. The van der Waals surface area contributed by atoms with Crippen molar-refractivity contribution in [3.8, 4) is 6.07 Å². The Bertz CT molecular complexity index is 1040. The van der Waals surface area contributed by atoms with Crippen molar-refractivity contribution in [1.82, 2.24) is 4.31 Å². The smallest absolute Gasteiger partial charge is 0.338 e. The van der Waals surface area contributed by atoms with Crippen LogP contribution >= 0.6 is 0 Å². The summed E-state index contributed by atoms with van der Waals surface area (Å²) in [6.45, 7) is 4.16. The first-order chi connectivity index (χ1) is 13.8. The first-order valence-electron chi connectivity index (χ1n) is 9.21. The molecule has 1 fully saturated rings. The molecule has 0 spiro atoms. The Morgan fingerprint density at radius 2 is 1.86 bits per heavy atom. The zero-order valence-corrected chi connectivity index (χ0v) is 17.1. The van der Waals surface area contributed by atoms with Crippen molar-refractivity contribution in [2.45, 2.75) is 37.6 Å². The van der Waals surface area contributed by atoms with Crippen LogP contribution in [-0.2, 0) is 26.1 Å². The van der Waals surface area contributed by atoms with Gasteiger partial charge >= 0.3 is 5.97 Å². The third kappa shape index (κ3) is 5.01. The van der Waals surface area contributed by atoms with Crippen LogP contribution in [0.3, 0.4) is 0 Å². The van der Waals surface area contributed by atoms with Crippen LogP contribution in [0.2, 0.25) is 0 Å². The largest absolute Gasteiger partial charge is 0.457 e. The molecule has 0 aromatic heterocycles. The van der Waals surface area contributed by atoms with E-state index in [1.807, 2.05) is 19.9 Å². The Morgan fingerprint density at radius 3 is 2.55 bits per heavy atom. The van der Waals surface area contributed by atoms with E-state index < -0.39 is 16.0 Å². The summed E-state index contributed by atoms with van der Waals surface area (Å²) in [5.41, 5.74) is 1.30. The Hall–Kier alpha value is -2.73. The number of rotatable bonds is 5. The summed E-state index contributed by atoms with van der Waals surface area (Å²) in [6.07, 6.45) is -0.406. The summed E-state index contributed by atoms with van der Waals surface area (Å²) in [4.78, 5) is 12.5. The zero-order chi connectivity index (χ0) is 21.0. The van der Waals surface area contributed by atoms with E-state index >= 15 is 0 Å². The molecule has 0 amide bonds. The summed E-state index contributed by atoms with van der Waals surface area (Å²) in [7, 11) is -3.75. The molecule has 1 aliphatic heterocycles. The average Bonchev–Trinajstić information content (AvgIpc) is 2.71. The lowest BCUT2D eigenvalue weighted by molar-refractivity contribution is -0.0440. The number of carbonyl (C=O) groups excluding carboxylic acids is 1. The maximum Gasteiger partial charge on any atom is 0.338 e. The molecule has 3 rings (SSSR count). The minimum absolute atomic E-state index is 0.0101. The molecule has 2 aromatic rings. The predicted octanol–water partition coefficient (Wildman–Crippen LogP) is 2.71. The molecule has 0 unspecified atom stereocenters. The lowest BCUT2D eigenvalue weighted by atomic mass is 10.1. The van der Waals surface area contributed by atoms with Crippen LogP contribution < -0.4 is 0 Å². The molecule has 0 N–H and O–H groups in total. The molecule has 0 aliphatic carbocycles. The van der Waals surface area contributed by atoms with Gasteiger partial charge in [0.2, 0.25) is 10.0 Å². The van der Waals surface area contributed by atoms with Crippen molar-refractivity contribution in [2.24, 2.45) is 0 Å². The fourth-order valence-electron chi connectivity index (χ4n) is 3.22. The number of esters is 1. The quantitative estimate of drug-likeness (QED) is 0.698. The molecule has 1 saturated heterocycles. The number of nitriles is 1. The standard InChI is InChI=1S/C21H22N2O5S/c1-15-12-23(13-16(2)28-15)29(25,26)20-8-4-7-19(10-20)21(24)27-14-18-6-3-5-17(9-18)11-22/h3-10,15-16H,12-14H2,1-2H3/t15-,16+. The molecule has 152 valence electrons. The number of benzene rings is 2. The third-order valence-electron chi connectivity index (χ3n) is 4.52. The SMILES string of the molecule is C[C@@H]1CN(S(=O)(=O)c2cccc(C(=O)OCc3cccc(C#N)c3)c2)C[C@H](C)O1. The van der Waals surface area contributed by atoms with Crippen LogP contribution in [0.4, 0.5) is 0 Å². The van der Waals surface area contributed by atoms with Gasteiger partial charge in [0.1, 0.15) is 6.61 Å². The van der Waals surface area contributed by atoms with Gasteiger partial charge in [-0.1, -0.05) is 18.2 Å². The highest BCUT2D eigenvalue weighted by Crippen LogP contribution is 2.22. The average molecular weight is 414 g/mol. The molecule has 7 nitrogen and oxygen atoms in total.